The van der Waals surface area contributed by atoms with Gasteiger partial charge in [0.05, 0.1) is 5.56 Å². The van der Waals surface area contributed by atoms with E-state index in [1.807, 2.05) is 60.7 Å². The average molecular weight is 344 g/mol. The van der Waals surface area contributed by atoms with E-state index in [2.05, 4.69) is 31.2 Å². The van der Waals surface area contributed by atoms with Gasteiger partial charge in [-0.2, -0.15) is 0 Å². The van der Waals surface area contributed by atoms with Crippen molar-refractivity contribution in [2.75, 3.05) is 6.61 Å². The number of aryl methyl sites for hydroxylation is 1. The summed E-state index contributed by atoms with van der Waals surface area (Å²) < 4.78 is 5.66. The van der Waals surface area contributed by atoms with Crippen molar-refractivity contribution in [3.8, 4) is 0 Å². The summed E-state index contributed by atoms with van der Waals surface area (Å²) in [6, 6.07) is 28.1. The van der Waals surface area contributed by atoms with Crippen molar-refractivity contribution < 1.29 is 9.53 Å². The minimum Gasteiger partial charge on any atom is -0.461 e. The Kier molecular flexibility index (Phi) is 6.21. The number of esters is 1. The molecule has 0 amide bonds. The molecule has 0 spiro atoms. The summed E-state index contributed by atoms with van der Waals surface area (Å²) in [7, 11) is 0. The summed E-state index contributed by atoms with van der Waals surface area (Å²) in [5.74, 6) is -0.245. The summed E-state index contributed by atoms with van der Waals surface area (Å²) in [6.07, 6.45) is 2.12. The lowest BCUT2D eigenvalue weighted by Crippen LogP contribution is -2.14. The maximum Gasteiger partial charge on any atom is 0.338 e. The van der Waals surface area contributed by atoms with Crippen LogP contribution < -0.4 is 0 Å². The molecular weight excluding hydrogens is 320 g/mol. The van der Waals surface area contributed by atoms with Crippen molar-refractivity contribution in [1.29, 1.82) is 0 Å². The van der Waals surface area contributed by atoms with Crippen molar-refractivity contribution >= 4 is 5.97 Å². The molecule has 0 aliphatic carbocycles. The number of hydrogen-bond donors (Lipinski definition) is 0. The molecule has 0 saturated heterocycles. The van der Waals surface area contributed by atoms with Crippen molar-refractivity contribution in [2.24, 2.45) is 0 Å². The molecular formula is C24H24O2. The van der Waals surface area contributed by atoms with Gasteiger partial charge in [0.1, 0.15) is 6.61 Å². The van der Waals surface area contributed by atoms with Gasteiger partial charge in [0, 0.05) is 5.92 Å². The van der Waals surface area contributed by atoms with Crippen molar-refractivity contribution in [3.05, 3.63) is 107 Å². The first kappa shape index (κ1) is 17.9. The lowest BCUT2D eigenvalue weighted by atomic mass is 9.92. The summed E-state index contributed by atoms with van der Waals surface area (Å²) >= 11 is 0. The summed E-state index contributed by atoms with van der Waals surface area (Å²) in [6.45, 7) is 2.47. The molecule has 3 rings (SSSR count). The molecule has 3 aromatic carbocycles. The van der Waals surface area contributed by atoms with E-state index in [1.54, 1.807) is 0 Å². The summed E-state index contributed by atoms with van der Waals surface area (Å²) in [4.78, 5) is 12.5. The number of benzene rings is 3. The van der Waals surface area contributed by atoms with Crippen LogP contribution in [0.4, 0.5) is 0 Å². The molecule has 0 bridgehead atoms. The molecule has 2 nitrogen and oxygen atoms in total. The average Bonchev–Trinajstić information content (AvgIpc) is 2.70. The zero-order chi connectivity index (χ0) is 18.2. The number of carbonyl (C=O) groups excluding carboxylic acids is 1. The monoisotopic (exact) mass is 344 g/mol. The predicted molar refractivity (Wildman–Crippen MR) is 105 cm³/mol. The second kappa shape index (κ2) is 9.00. The number of hydrogen-bond acceptors (Lipinski definition) is 2. The Bertz CT molecular complexity index is 768. The fourth-order valence-corrected chi connectivity index (χ4v) is 3.09. The predicted octanol–water partition coefficient (Wildman–Crippen LogP) is 5.63. The fourth-order valence-electron chi connectivity index (χ4n) is 3.09. The van der Waals surface area contributed by atoms with Crippen LogP contribution in [0.3, 0.4) is 0 Å². The lowest BCUT2D eigenvalue weighted by Gasteiger charge is -2.18. The zero-order valence-corrected chi connectivity index (χ0v) is 15.1. The van der Waals surface area contributed by atoms with Gasteiger partial charge in [-0.3, -0.25) is 0 Å². The molecule has 0 aliphatic rings. The Labute approximate surface area is 155 Å². The van der Waals surface area contributed by atoms with Gasteiger partial charge >= 0.3 is 5.97 Å². The van der Waals surface area contributed by atoms with Crippen LogP contribution in [-0.4, -0.2) is 12.6 Å². The second-order valence-electron chi connectivity index (χ2n) is 6.42. The van der Waals surface area contributed by atoms with E-state index in [4.69, 9.17) is 4.74 Å². The van der Waals surface area contributed by atoms with E-state index in [1.165, 1.54) is 5.56 Å². The highest BCUT2D eigenvalue weighted by molar-refractivity contribution is 5.89. The Morgan fingerprint density at radius 1 is 0.808 bits per heavy atom. The molecule has 132 valence electrons. The molecule has 3 aromatic rings. The molecule has 26 heavy (non-hydrogen) atoms. The highest BCUT2D eigenvalue weighted by atomic mass is 16.5. The SMILES string of the molecule is CCCc1ccc(C(=O)OCC(c2ccccc2)c2ccccc2)cc1. The molecule has 2 heteroatoms. The van der Waals surface area contributed by atoms with Gasteiger partial charge in [0.2, 0.25) is 0 Å². The molecule has 0 heterocycles. The highest BCUT2D eigenvalue weighted by Crippen LogP contribution is 2.25. The van der Waals surface area contributed by atoms with Gasteiger partial charge in [-0.05, 0) is 35.2 Å². The molecule has 0 aromatic heterocycles. The summed E-state index contributed by atoms with van der Waals surface area (Å²) in [5.41, 5.74) is 4.13. The van der Waals surface area contributed by atoms with E-state index in [9.17, 15) is 4.79 Å². The normalized spacial score (nSPS) is 10.7. The molecule has 0 radical (unpaired) electrons. The third kappa shape index (κ3) is 4.60. The van der Waals surface area contributed by atoms with Crippen LogP contribution in [0.1, 0.15) is 46.3 Å². The van der Waals surface area contributed by atoms with Crippen molar-refractivity contribution in [1.82, 2.24) is 0 Å². The molecule has 0 aliphatic heterocycles. The van der Waals surface area contributed by atoms with Crippen LogP contribution in [-0.2, 0) is 11.2 Å². The quantitative estimate of drug-likeness (QED) is 0.519. The first-order chi connectivity index (χ1) is 12.8. The Hall–Kier alpha value is -2.87. The Balaban J connectivity index is 1.72. The van der Waals surface area contributed by atoms with E-state index in [-0.39, 0.29) is 11.9 Å². The largest absolute Gasteiger partial charge is 0.461 e. The minimum atomic E-state index is -0.273. The first-order valence-corrected chi connectivity index (χ1v) is 9.14. The van der Waals surface area contributed by atoms with Crippen LogP contribution in [0.25, 0.3) is 0 Å². The fraction of sp³-hybridized carbons (Fsp3) is 0.208. The van der Waals surface area contributed by atoms with E-state index >= 15 is 0 Å². The Morgan fingerprint density at radius 2 is 1.35 bits per heavy atom. The Morgan fingerprint density at radius 3 is 1.85 bits per heavy atom. The van der Waals surface area contributed by atoms with Crippen LogP contribution in [0.5, 0.6) is 0 Å². The van der Waals surface area contributed by atoms with Crippen molar-refractivity contribution in [3.63, 3.8) is 0 Å². The van der Waals surface area contributed by atoms with Crippen LogP contribution in [0.2, 0.25) is 0 Å². The first-order valence-electron chi connectivity index (χ1n) is 9.14. The number of ether oxygens (including phenoxy) is 1. The molecule has 0 fully saturated rings. The molecule has 0 atom stereocenters. The standard InChI is InChI=1S/C24H24O2/c1-2-9-19-14-16-22(17-15-19)24(25)26-18-23(20-10-5-3-6-11-20)21-12-7-4-8-13-21/h3-8,10-17,23H,2,9,18H2,1H3. The van der Waals surface area contributed by atoms with Crippen LogP contribution in [0, 0.1) is 0 Å². The van der Waals surface area contributed by atoms with Gasteiger partial charge < -0.3 is 4.74 Å². The van der Waals surface area contributed by atoms with Gasteiger partial charge in [-0.15, -0.1) is 0 Å². The van der Waals surface area contributed by atoms with Gasteiger partial charge in [0.25, 0.3) is 0 Å². The molecule has 0 saturated carbocycles. The highest BCUT2D eigenvalue weighted by Gasteiger charge is 2.17. The van der Waals surface area contributed by atoms with E-state index < -0.39 is 0 Å². The smallest absolute Gasteiger partial charge is 0.338 e. The third-order valence-electron chi connectivity index (χ3n) is 4.51. The van der Waals surface area contributed by atoms with Gasteiger partial charge in [-0.1, -0.05) is 86.1 Å². The summed E-state index contributed by atoms with van der Waals surface area (Å²) in [5, 5.41) is 0. The molecule has 0 unspecified atom stereocenters. The minimum absolute atomic E-state index is 0.0284. The zero-order valence-electron chi connectivity index (χ0n) is 15.1. The molecule has 0 N–H and O–H groups in total. The maximum absolute atomic E-state index is 12.5. The van der Waals surface area contributed by atoms with E-state index in [0.717, 1.165) is 24.0 Å². The number of carbonyl (C=O) groups is 1. The van der Waals surface area contributed by atoms with Crippen LogP contribution >= 0.6 is 0 Å². The third-order valence-corrected chi connectivity index (χ3v) is 4.51. The van der Waals surface area contributed by atoms with Crippen molar-refractivity contribution in [2.45, 2.75) is 25.7 Å². The van der Waals surface area contributed by atoms with Gasteiger partial charge in [0.15, 0.2) is 0 Å². The van der Waals surface area contributed by atoms with Gasteiger partial charge in [-0.25, -0.2) is 4.79 Å². The van der Waals surface area contributed by atoms with Crippen LogP contribution in [0.15, 0.2) is 84.9 Å². The second-order valence-corrected chi connectivity index (χ2v) is 6.42. The van der Waals surface area contributed by atoms with E-state index in [0.29, 0.717) is 12.2 Å². The maximum atomic E-state index is 12.5. The topological polar surface area (TPSA) is 26.3 Å². The lowest BCUT2D eigenvalue weighted by molar-refractivity contribution is 0.0492. The number of rotatable bonds is 7.